The second-order valence-corrected chi connectivity index (χ2v) is 9.94. The number of methoxy groups -OCH3 is 1. The molecule has 0 radical (unpaired) electrons. The van der Waals surface area contributed by atoms with E-state index in [-0.39, 0.29) is 11.3 Å². The molecule has 38 heavy (non-hydrogen) atoms. The summed E-state index contributed by atoms with van der Waals surface area (Å²) < 4.78 is 13.1. The number of amides is 1. The van der Waals surface area contributed by atoms with Crippen LogP contribution in [0.3, 0.4) is 0 Å². The molecule has 2 aromatic heterocycles. The summed E-state index contributed by atoms with van der Waals surface area (Å²) in [4.78, 5) is 21.6. The number of benzene rings is 2. The molecule has 1 amide bonds. The predicted octanol–water partition coefficient (Wildman–Crippen LogP) is 5.52. The van der Waals surface area contributed by atoms with Crippen LogP contribution < -0.4 is 15.8 Å². The van der Waals surface area contributed by atoms with E-state index in [4.69, 9.17) is 20.2 Å². The first kappa shape index (κ1) is 25.7. The zero-order valence-electron chi connectivity index (χ0n) is 21.9. The highest BCUT2D eigenvalue weighted by Crippen LogP contribution is 2.46. The van der Waals surface area contributed by atoms with Crippen LogP contribution in [0.25, 0.3) is 16.8 Å². The van der Waals surface area contributed by atoms with Crippen LogP contribution >= 0.6 is 0 Å². The van der Waals surface area contributed by atoms with Crippen molar-refractivity contribution in [2.24, 2.45) is 0 Å². The van der Waals surface area contributed by atoms with Crippen molar-refractivity contribution < 1.29 is 14.3 Å². The molecule has 3 N–H and O–H groups in total. The van der Waals surface area contributed by atoms with Gasteiger partial charge >= 0.3 is 0 Å². The van der Waals surface area contributed by atoms with Gasteiger partial charge in [0.15, 0.2) is 0 Å². The summed E-state index contributed by atoms with van der Waals surface area (Å²) in [5.41, 5.74) is 8.98. The molecule has 4 aromatic rings. The first-order valence-electron chi connectivity index (χ1n) is 13.3. The summed E-state index contributed by atoms with van der Waals surface area (Å²) >= 11 is 0. The number of hydrogen-bond donors (Lipinski definition) is 2. The van der Waals surface area contributed by atoms with Gasteiger partial charge in [0.05, 0.1) is 6.61 Å². The highest BCUT2D eigenvalue weighted by Gasteiger charge is 2.39. The average Bonchev–Trinajstić information content (AvgIpc) is 3.58. The summed E-state index contributed by atoms with van der Waals surface area (Å²) in [5.74, 6) is 3.07. The lowest BCUT2D eigenvalue weighted by Gasteiger charge is -2.28. The Bertz CT molecular complexity index is 1360. The number of nitrogens with one attached hydrogen (secondary N) is 1. The Hall–Kier alpha value is -3.91. The van der Waals surface area contributed by atoms with E-state index in [2.05, 4.69) is 14.7 Å². The molecule has 0 aliphatic heterocycles. The fourth-order valence-corrected chi connectivity index (χ4v) is 5.52. The van der Waals surface area contributed by atoms with Gasteiger partial charge in [-0.05, 0) is 62.1 Å². The number of rotatable bonds is 11. The van der Waals surface area contributed by atoms with E-state index in [9.17, 15) is 4.79 Å². The minimum atomic E-state index is -0.0669. The molecular weight excluding hydrogens is 478 g/mol. The highest BCUT2D eigenvalue weighted by atomic mass is 16.5. The number of nitrogens with two attached hydrogens (primary N) is 1. The number of nitrogens with zero attached hydrogens (tertiary/aromatic N) is 3. The molecule has 5 rings (SSSR count). The number of ether oxygens (including phenoxy) is 2. The van der Waals surface area contributed by atoms with Gasteiger partial charge in [-0.3, -0.25) is 9.20 Å². The molecule has 1 fully saturated rings. The molecule has 1 aliphatic rings. The number of anilines is 1. The molecule has 8 heteroatoms. The number of aromatic nitrogens is 3. The maximum Gasteiger partial charge on any atom is 0.222 e. The van der Waals surface area contributed by atoms with Crippen LogP contribution in [0.4, 0.5) is 5.82 Å². The van der Waals surface area contributed by atoms with Gasteiger partial charge in [0.1, 0.15) is 34.4 Å². The number of fused-ring (bicyclic) bond motifs is 1. The number of carbonyl (C=O) groups is 1. The van der Waals surface area contributed by atoms with Crippen LogP contribution in [0.15, 0.2) is 67.0 Å². The van der Waals surface area contributed by atoms with Crippen molar-refractivity contribution in [1.29, 1.82) is 0 Å². The number of para-hydroxylation sites is 1. The largest absolute Gasteiger partial charge is 0.457 e. The first-order valence-corrected chi connectivity index (χ1v) is 13.3. The lowest BCUT2D eigenvalue weighted by molar-refractivity contribution is -0.121. The lowest BCUT2D eigenvalue weighted by Crippen LogP contribution is -2.29. The molecule has 2 heterocycles. The molecule has 0 unspecified atom stereocenters. The summed E-state index contributed by atoms with van der Waals surface area (Å²) in [6.45, 7) is 1.08. The normalized spacial score (nSPS) is 14.6. The highest BCUT2D eigenvalue weighted by molar-refractivity contribution is 5.85. The Morgan fingerprint density at radius 2 is 1.82 bits per heavy atom. The minimum Gasteiger partial charge on any atom is -0.457 e. The third kappa shape index (κ3) is 5.50. The van der Waals surface area contributed by atoms with Crippen molar-refractivity contribution in [2.75, 3.05) is 26.0 Å². The minimum absolute atomic E-state index is 0.0272. The van der Waals surface area contributed by atoms with Crippen molar-refractivity contribution >= 4 is 17.2 Å². The van der Waals surface area contributed by atoms with Gasteiger partial charge in [-0.1, -0.05) is 31.0 Å². The summed E-state index contributed by atoms with van der Waals surface area (Å²) in [6.07, 6.45) is 10.4. The van der Waals surface area contributed by atoms with Gasteiger partial charge in [-0.15, -0.1) is 0 Å². The Labute approximate surface area is 223 Å². The van der Waals surface area contributed by atoms with Crippen molar-refractivity contribution in [3.8, 4) is 22.8 Å². The number of nitrogen functional groups attached to an aromatic ring is 1. The van der Waals surface area contributed by atoms with Crippen LogP contribution in [0, 0.1) is 0 Å². The summed E-state index contributed by atoms with van der Waals surface area (Å²) in [7, 11) is 1.61. The molecule has 1 aliphatic carbocycles. The van der Waals surface area contributed by atoms with Crippen LogP contribution in [-0.2, 0) is 14.9 Å². The molecule has 2 aromatic carbocycles. The maximum atomic E-state index is 12.0. The monoisotopic (exact) mass is 513 g/mol. The SMILES string of the molecule is COCCC(=O)NCCCC1(c2nc(-c3ccc(Oc4ccccc4)cc3)c3c(N)nccn23)CCCC1. The van der Waals surface area contributed by atoms with E-state index in [1.165, 1.54) is 0 Å². The second kappa shape index (κ2) is 11.6. The Morgan fingerprint density at radius 3 is 2.55 bits per heavy atom. The van der Waals surface area contributed by atoms with Crippen LogP contribution in [0.2, 0.25) is 0 Å². The second-order valence-electron chi connectivity index (χ2n) is 9.94. The molecule has 0 saturated heterocycles. The Kier molecular flexibility index (Phi) is 7.89. The van der Waals surface area contributed by atoms with Crippen molar-refractivity contribution in [2.45, 2.75) is 50.4 Å². The van der Waals surface area contributed by atoms with Crippen molar-refractivity contribution in [3.05, 3.63) is 72.8 Å². The third-order valence-electron chi connectivity index (χ3n) is 7.41. The Morgan fingerprint density at radius 1 is 1.08 bits per heavy atom. The number of hydrogen-bond acceptors (Lipinski definition) is 6. The van der Waals surface area contributed by atoms with Gasteiger partial charge in [0, 0.05) is 43.4 Å². The fourth-order valence-electron chi connectivity index (χ4n) is 5.52. The van der Waals surface area contributed by atoms with E-state index in [1.807, 2.05) is 60.8 Å². The molecule has 0 spiro atoms. The molecule has 1 saturated carbocycles. The van der Waals surface area contributed by atoms with Crippen molar-refractivity contribution in [3.63, 3.8) is 0 Å². The first-order chi connectivity index (χ1) is 18.6. The molecule has 0 bridgehead atoms. The molecular formula is C30H35N5O3. The van der Waals surface area contributed by atoms with Gasteiger partial charge < -0.3 is 20.5 Å². The number of imidazole rings is 1. The molecule has 198 valence electrons. The van der Waals surface area contributed by atoms with Gasteiger partial charge in [0.2, 0.25) is 5.91 Å². The van der Waals surface area contributed by atoms with Crippen LogP contribution in [-0.4, -0.2) is 40.5 Å². The zero-order chi connectivity index (χ0) is 26.4. The quantitative estimate of drug-likeness (QED) is 0.256. The lowest BCUT2D eigenvalue weighted by atomic mass is 9.80. The van der Waals surface area contributed by atoms with Gasteiger partial charge in [-0.25, -0.2) is 9.97 Å². The van der Waals surface area contributed by atoms with E-state index in [0.717, 1.165) is 72.6 Å². The fraction of sp³-hybridized carbons (Fsp3) is 0.367. The topological polar surface area (TPSA) is 104 Å². The van der Waals surface area contributed by atoms with Gasteiger partial charge in [-0.2, -0.15) is 0 Å². The van der Waals surface area contributed by atoms with Crippen LogP contribution in [0.5, 0.6) is 11.5 Å². The van der Waals surface area contributed by atoms with E-state index < -0.39 is 0 Å². The van der Waals surface area contributed by atoms with E-state index >= 15 is 0 Å². The Balaban J connectivity index is 1.41. The van der Waals surface area contributed by atoms with Crippen molar-refractivity contribution in [1.82, 2.24) is 19.7 Å². The van der Waals surface area contributed by atoms with E-state index in [1.54, 1.807) is 13.3 Å². The zero-order valence-corrected chi connectivity index (χ0v) is 21.9. The summed E-state index contributed by atoms with van der Waals surface area (Å²) in [6, 6.07) is 17.7. The predicted molar refractivity (Wildman–Crippen MR) is 148 cm³/mol. The summed E-state index contributed by atoms with van der Waals surface area (Å²) in [5, 5.41) is 3.02. The number of carbonyl (C=O) groups excluding carboxylic acids is 1. The average molecular weight is 514 g/mol. The standard InChI is InChI=1S/C30H35N5O3/c1-37-21-14-25(36)32-18-7-17-30(15-5-6-16-30)29-34-26(27-28(31)33-19-20-35(27)29)22-10-12-24(13-11-22)38-23-8-3-2-4-9-23/h2-4,8-13,19-20H,5-7,14-18,21H2,1H3,(H2,31,33)(H,32,36). The third-order valence-corrected chi connectivity index (χ3v) is 7.41. The van der Waals surface area contributed by atoms with Gasteiger partial charge in [0.25, 0.3) is 0 Å². The molecule has 8 nitrogen and oxygen atoms in total. The molecule has 0 atom stereocenters. The van der Waals surface area contributed by atoms with Crippen LogP contribution in [0.1, 0.15) is 50.8 Å². The van der Waals surface area contributed by atoms with E-state index in [0.29, 0.717) is 25.4 Å². The smallest absolute Gasteiger partial charge is 0.222 e. The maximum absolute atomic E-state index is 12.0.